The predicted molar refractivity (Wildman–Crippen MR) is 74.6 cm³/mol. The van der Waals surface area contributed by atoms with Crippen molar-refractivity contribution in [3.05, 3.63) is 29.8 Å². The van der Waals surface area contributed by atoms with Crippen molar-refractivity contribution in [2.24, 2.45) is 0 Å². The van der Waals surface area contributed by atoms with E-state index in [1.165, 1.54) is 0 Å². The van der Waals surface area contributed by atoms with Gasteiger partial charge in [-0.3, -0.25) is 4.79 Å². The zero-order chi connectivity index (χ0) is 13.7. The molecule has 0 saturated carbocycles. The van der Waals surface area contributed by atoms with E-state index in [0.717, 1.165) is 24.2 Å². The maximum Gasteiger partial charge on any atom is 0.162 e. The minimum atomic E-state index is -0.250. The van der Waals surface area contributed by atoms with Crippen molar-refractivity contribution in [3.8, 4) is 5.75 Å². The van der Waals surface area contributed by atoms with Gasteiger partial charge in [0.2, 0.25) is 0 Å². The van der Waals surface area contributed by atoms with Crippen molar-refractivity contribution in [2.45, 2.75) is 45.1 Å². The van der Waals surface area contributed by atoms with Crippen LogP contribution in [-0.4, -0.2) is 25.1 Å². The van der Waals surface area contributed by atoms with Crippen molar-refractivity contribution < 1.29 is 14.3 Å². The van der Waals surface area contributed by atoms with Crippen LogP contribution < -0.4 is 4.74 Å². The molecule has 1 aliphatic rings. The molecule has 0 aliphatic carbocycles. The molecule has 2 unspecified atom stereocenters. The number of carbonyl (C=O) groups excluding carboxylic acids is 1. The lowest BCUT2D eigenvalue weighted by Gasteiger charge is -2.26. The zero-order valence-electron chi connectivity index (χ0n) is 11.7. The number of carbonyl (C=O) groups is 1. The molecule has 3 nitrogen and oxygen atoms in total. The molecule has 0 aromatic heterocycles. The molecular formula is C16H22O3. The summed E-state index contributed by atoms with van der Waals surface area (Å²) in [5.41, 5.74) is 1.16. The molecule has 2 rings (SSSR count). The molecule has 1 heterocycles. The summed E-state index contributed by atoms with van der Waals surface area (Å²) < 4.78 is 11.1. The number of ether oxygens (including phenoxy) is 2. The Hall–Kier alpha value is -1.35. The van der Waals surface area contributed by atoms with Crippen molar-refractivity contribution in [1.29, 1.82) is 0 Å². The van der Waals surface area contributed by atoms with E-state index in [1.54, 1.807) is 0 Å². The molecule has 104 valence electrons. The normalized spacial score (nSPS) is 19.4. The number of hydrogen-bond donors (Lipinski definition) is 0. The van der Waals surface area contributed by atoms with E-state index in [2.05, 4.69) is 6.07 Å². The van der Waals surface area contributed by atoms with Gasteiger partial charge in [-0.15, -0.1) is 0 Å². The van der Waals surface area contributed by atoms with Gasteiger partial charge in [0.05, 0.1) is 6.61 Å². The maximum atomic E-state index is 12.3. The molecule has 0 N–H and O–H groups in total. The Bertz CT molecular complexity index is 428. The van der Waals surface area contributed by atoms with E-state index in [0.29, 0.717) is 19.6 Å². The zero-order valence-corrected chi connectivity index (χ0v) is 11.7. The minimum absolute atomic E-state index is 0.214. The Balaban J connectivity index is 2.06. The number of benzene rings is 1. The lowest BCUT2D eigenvalue weighted by molar-refractivity contribution is -0.131. The standard InChI is InChI=1S/C16H22O3/c1-3-15(18-4-2)14(17)11-12-9-10-19-16-8-6-5-7-13(12)16/h5-8,12,15H,3-4,9-11H2,1-2H3. The second-order valence-corrected chi connectivity index (χ2v) is 4.89. The average Bonchev–Trinajstić information content (AvgIpc) is 2.45. The lowest BCUT2D eigenvalue weighted by Crippen LogP contribution is -2.27. The van der Waals surface area contributed by atoms with Gasteiger partial charge in [-0.1, -0.05) is 25.1 Å². The van der Waals surface area contributed by atoms with E-state index in [-0.39, 0.29) is 17.8 Å². The highest BCUT2D eigenvalue weighted by Crippen LogP contribution is 2.35. The molecule has 0 fully saturated rings. The van der Waals surface area contributed by atoms with Gasteiger partial charge in [0.25, 0.3) is 0 Å². The summed E-state index contributed by atoms with van der Waals surface area (Å²) in [7, 11) is 0. The van der Waals surface area contributed by atoms with Gasteiger partial charge in [0.1, 0.15) is 11.9 Å². The Kier molecular flexibility index (Phi) is 4.97. The molecular weight excluding hydrogens is 240 g/mol. The first kappa shape index (κ1) is 14.1. The second-order valence-electron chi connectivity index (χ2n) is 4.89. The molecule has 0 saturated heterocycles. The molecule has 1 aromatic rings. The van der Waals surface area contributed by atoms with Gasteiger partial charge in [0, 0.05) is 13.0 Å². The van der Waals surface area contributed by atoms with Crippen molar-refractivity contribution in [2.75, 3.05) is 13.2 Å². The highest BCUT2D eigenvalue weighted by Gasteiger charge is 2.26. The number of rotatable bonds is 6. The molecule has 2 atom stereocenters. The number of hydrogen-bond acceptors (Lipinski definition) is 3. The van der Waals surface area contributed by atoms with E-state index < -0.39 is 0 Å². The fourth-order valence-corrected chi connectivity index (χ4v) is 2.64. The minimum Gasteiger partial charge on any atom is -0.493 e. The van der Waals surface area contributed by atoms with Crippen LogP contribution in [0.4, 0.5) is 0 Å². The summed E-state index contributed by atoms with van der Waals surface area (Å²) in [6, 6.07) is 8.02. The van der Waals surface area contributed by atoms with Crippen molar-refractivity contribution in [3.63, 3.8) is 0 Å². The van der Waals surface area contributed by atoms with Crippen molar-refractivity contribution in [1.82, 2.24) is 0 Å². The van der Waals surface area contributed by atoms with Crippen LogP contribution in [0.1, 0.15) is 44.6 Å². The molecule has 1 aliphatic heterocycles. The van der Waals surface area contributed by atoms with Gasteiger partial charge >= 0.3 is 0 Å². The summed E-state index contributed by atoms with van der Waals surface area (Å²) >= 11 is 0. The van der Waals surface area contributed by atoms with Gasteiger partial charge in [-0.25, -0.2) is 0 Å². The second kappa shape index (κ2) is 6.71. The summed E-state index contributed by atoms with van der Waals surface area (Å²) in [5.74, 6) is 1.41. The van der Waals surface area contributed by atoms with E-state index >= 15 is 0 Å². The largest absolute Gasteiger partial charge is 0.493 e. The van der Waals surface area contributed by atoms with Crippen LogP contribution >= 0.6 is 0 Å². The molecule has 0 radical (unpaired) electrons. The quantitative estimate of drug-likeness (QED) is 0.789. The molecule has 0 bridgehead atoms. The number of fused-ring (bicyclic) bond motifs is 1. The fourth-order valence-electron chi connectivity index (χ4n) is 2.64. The molecule has 3 heteroatoms. The Morgan fingerprint density at radius 2 is 2.21 bits per heavy atom. The molecule has 19 heavy (non-hydrogen) atoms. The maximum absolute atomic E-state index is 12.3. The first-order valence-corrected chi connectivity index (χ1v) is 7.12. The van der Waals surface area contributed by atoms with Crippen LogP contribution in [0, 0.1) is 0 Å². The van der Waals surface area contributed by atoms with Gasteiger partial charge in [-0.2, -0.15) is 0 Å². The third kappa shape index (κ3) is 3.35. The smallest absolute Gasteiger partial charge is 0.162 e. The lowest BCUT2D eigenvalue weighted by atomic mass is 9.87. The van der Waals surface area contributed by atoms with Crippen LogP contribution in [0.3, 0.4) is 0 Å². The first-order valence-electron chi connectivity index (χ1n) is 7.12. The van der Waals surface area contributed by atoms with Gasteiger partial charge < -0.3 is 9.47 Å². The fraction of sp³-hybridized carbons (Fsp3) is 0.562. The molecule has 0 spiro atoms. The summed E-state index contributed by atoms with van der Waals surface area (Å²) in [6.07, 6.45) is 1.96. The monoisotopic (exact) mass is 262 g/mol. The van der Waals surface area contributed by atoms with Crippen molar-refractivity contribution >= 4 is 5.78 Å². The Labute approximate surface area is 114 Å². The number of ketones is 1. The third-order valence-corrected chi connectivity index (χ3v) is 3.63. The molecule has 0 amide bonds. The number of para-hydroxylation sites is 1. The highest BCUT2D eigenvalue weighted by atomic mass is 16.5. The third-order valence-electron chi connectivity index (χ3n) is 3.63. The van der Waals surface area contributed by atoms with Crippen LogP contribution in [0.25, 0.3) is 0 Å². The highest BCUT2D eigenvalue weighted by molar-refractivity contribution is 5.84. The van der Waals surface area contributed by atoms with Crippen LogP contribution in [0.5, 0.6) is 5.75 Å². The summed E-state index contributed by atoms with van der Waals surface area (Å²) in [5, 5.41) is 0. The Morgan fingerprint density at radius 1 is 1.42 bits per heavy atom. The van der Waals surface area contributed by atoms with Crippen LogP contribution in [0.2, 0.25) is 0 Å². The topological polar surface area (TPSA) is 35.5 Å². The van der Waals surface area contributed by atoms with Gasteiger partial charge in [-0.05, 0) is 37.3 Å². The first-order chi connectivity index (χ1) is 9.26. The average molecular weight is 262 g/mol. The SMILES string of the molecule is CCOC(CC)C(=O)CC1CCOc2ccccc21. The van der Waals surface area contributed by atoms with Crippen LogP contribution in [0.15, 0.2) is 24.3 Å². The van der Waals surface area contributed by atoms with E-state index in [1.807, 2.05) is 32.0 Å². The number of Topliss-reactive ketones (excluding diaryl/α,β-unsaturated/α-hetero) is 1. The van der Waals surface area contributed by atoms with E-state index in [9.17, 15) is 4.79 Å². The molecule has 1 aromatic carbocycles. The summed E-state index contributed by atoms with van der Waals surface area (Å²) in [4.78, 5) is 12.3. The predicted octanol–water partition coefficient (Wildman–Crippen LogP) is 3.33. The van der Waals surface area contributed by atoms with Gasteiger partial charge in [0.15, 0.2) is 5.78 Å². The Morgan fingerprint density at radius 3 is 2.95 bits per heavy atom. The summed E-state index contributed by atoms with van der Waals surface area (Å²) in [6.45, 7) is 5.21. The van der Waals surface area contributed by atoms with Crippen LogP contribution in [-0.2, 0) is 9.53 Å². The van der Waals surface area contributed by atoms with E-state index in [4.69, 9.17) is 9.47 Å².